The van der Waals surface area contributed by atoms with Crippen LogP contribution in [-0.4, -0.2) is 99.5 Å². The molecule has 0 aromatic heterocycles. The zero-order chi connectivity index (χ0) is 24.7. The Morgan fingerprint density at radius 3 is 2.54 bits per heavy atom. The Morgan fingerprint density at radius 1 is 1.03 bits per heavy atom. The molecule has 0 spiro atoms. The molecule has 35 heavy (non-hydrogen) atoms. The Hall–Kier alpha value is -2.35. The standard InChI is InChI=1S/C24H28O11/c25-11-24-16-13(17(27)21(24)35-24)8-9-31-22(16)34-23-20(30)19(29)18(28)14(33-23)10-32-15(26)7-6-12-4-2-1-3-5-12/h1-9,13-14,16-23,25,27-30H,10-11H2/b7-6+/t13-,14+,16-,17-,18+,19-,20+,21+,22+,23-,24+/m0/s1. The van der Waals surface area contributed by atoms with Gasteiger partial charge in [0.2, 0.25) is 6.29 Å². The SMILES string of the molecule is O=C(/C=C/c1ccccc1)OC[C@H]1O[C@@H](O[C@H]2OC=C[C@@H]3[C@H](O)[C@H]4O[C@]4(CO)[C@H]23)[C@H](O)[C@@H](O)[C@@H]1O. The van der Waals surface area contributed by atoms with Crippen molar-refractivity contribution in [1.82, 2.24) is 0 Å². The maximum atomic E-state index is 12.1. The lowest BCUT2D eigenvalue weighted by Crippen LogP contribution is -2.60. The first-order valence-electron chi connectivity index (χ1n) is 11.4. The van der Waals surface area contributed by atoms with Crippen molar-refractivity contribution < 1.29 is 54.0 Å². The third-order valence-corrected chi connectivity index (χ3v) is 7.05. The summed E-state index contributed by atoms with van der Waals surface area (Å²) in [6, 6.07) is 9.11. The van der Waals surface area contributed by atoms with Crippen molar-refractivity contribution in [3.8, 4) is 0 Å². The molecule has 190 valence electrons. The van der Waals surface area contributed by atoms with E-state index in [0.717, 1.165) is 5.56 Å². The number of aliphatic hydroxyl groups is 5. The Kier molecular flexibility index (Phi) is 6.68. The van der Waals surface area contributed by atoms with E-state index in [1.807, 2.05) is 30.3 Å². The van der Waals surface area contributed by atoms with Crippen molar-refractivity contribution in [2.24, 2.45) is 11.8 Å². The number of carbonyl (C=O) groups excluding carboxylic acids is 1. The number of ether oxygens (including phenoxy) is 5. The predicted octanol–water partition coefficient (Wildman–Crippen LogP) is -1.33. The van der Waals surface area contributed by atoms with Gasteiger partial charge < -0.3 is 49.2 Å². The summed E-state index contributed by atoms with van der Waals surface area (Å²) in [5, 5.41) is 51.5. The van der Waals surface area contributed by atoms with Crippen LogP contribution in [0.15, 0.2) is 48.7 Å². The summed E-state index contributed by atoms with van der Waals surface area (Å²) < 4.78 is 27.7. The van der Waals surface area contributed by atoms with E-state index in [1.54, 1.807) is 12.2 Å². The van der Waals surface area contributed by atoms with Gasteiger partial charge in [-0.15, -0.1) is 0 Å². The average Bonchev–Trinajstić information content (AvgIpc) is 3.57. The number of hydrogen-bond donors (Lipinski definition) is 5. The highest BCUT2D eigenvalue weighted by Crippen LogP contribution is 2.59. The monoisotopic (exact) mass is 492 g/mol. The van der Waals surface area contributed by atoms with E-state index in [1.165, 1.54) is 12.3 Å². The molecule has 3 fully saturated rings. The molecule has 11 heteroatoms. The summed E-state index contributed by atoms with van der Waals surface area (Å²) in [6.45, 7) is -0.776. The first-order valence-corrected chi connectivity index (χ1v) is 11.4. The molecule has 2 saturated heterocycles. The number of carbonyl (C=O) groups is 1. The predicted molar refractivity (Wildman–Crippen MR) is 116 cm³/mol. The van der Waals surface area contributed by atoms with Gasteiger partial charge in [-0.25, -0.2) is 4.79 Å². The Balaban J connectivity index is 1.22. The minimum atomic E-state index is -1.65. The van der Waals surface area contributed by atoms with Crippen LogP contribution in [0.1, 0.15) is 5.56 Å². The first-order chi connectivity index (χ1) is 16.9. The maximum absolute atomic E-state index is 12.1. The lowest BCUT2D eigenvalue weighted by Gasteiger charge is -2.43. The largest absolute Gasteiger partial charge is 0.472 e. The van der Waals surface area contributed by atoms with Crippen LogP contribution in [0.4, 0.5) is 0 Å². The summed E-state index contributed by atoms with van der Waals surface area (Å²) in [7, 11) is 0. The summed E-state index contributed by atoms with van der Waals surface area (Å²) in [5.74, 6) is -1.70. The summed E-state index contributed by atoms with van der Waals surface area (Å²) in [4.78, 5) is 12.1. The number of hydrogen-bond acceptors (Lipinski definition) is 11. The number of esters is 1. The molecule has 4 aliphatic rings. The van der Waals surface area contributed by atoms with Crippen molar-refractivity contribution in [3.05, 3.63) is 54.3 Å². The molecule has 11 atom stereocenters. The maximum Gasteiger partial charge on any atom is 0.330 e. The highest BCUT2D eigenvalue weighted by Gasteiger charge is 2.75. The highest BCUT2D eigenvalue weighted by molar-refractivity contribution is 5.87. The minimum absolute atomic E-state index is 0.364. The molecule has 11 nitrogen and oxygen atoms in total. The van der Waals surface area contributed by atoms with Crippen molar-refractivity contribution in [2.45, 2.75) is 54.8 Å². The van der Waals surface area contributed by atoms with Gasteiger partial charge in [-0.2, -0.15) is 0 Å². The van der Waals surface area contributed by atoms with Crippen LogP contribution < -0.4 is 0 Å². The number of epoxide rings is 1. The van der Waals surface area contributed by atoms with Crippen molar-refractivity contribution in [1.29, 1.82) is 0 Å². The fourth-order valence-electron chi connectivity index (χ4n) is 5.10. The van der Waals surface area contributed by atoms with Gasteiger partial charge in [0.15, 0.2) is 6.29 Å². The van der Waals surface area contributed by atoms with Crippen LogP contribution in [0.3, 0.4) is 0 Å². The number of aliphatic hydroxyl groups excluding tert-OH is 5. The molecule has 0 bridgehead atoms. The van der Waals surface area contributed by atoms with Crippen molar-refractivity contribution in [3.63, 3.8) is 0 Å². The van der Waals surface area contributed by atoms with E-state index in [-0.39, 0.29) is 6.61 Å². The van der Waals surface area contributed by atoms with Gasteiger partial charge in [0, 0.05) is 12.0 Å². The molecule has 0 unspecified atom stereocenters. The molecule has 1 saturated carbocycles. The van der Waals surface area contributed by atoms with Crippen LogP contribution in [0.25, 0.3) is 6.08 Å². The second-order valence-corrected chi connectivity index (χ2v) is 9.10. The molecular weight excluding hydrogens is 464 g/mol. The second-order valence-electron chi connectivity index (χ2n) is 9.10. The molecule has 3 aliphatic heterocycles. The lowest BCUT2D eigenvalue weighted by atomic mass is 9.85. The van der Waals surface area contributed by atoms with Crippen LogP contribution in [-0.2, 0) is 28.5 Å². The average molecular weight is 492 g/mol. The molecule has 0 radical (unpaired) electrons. The van der Waals surface area contributed by atoms with E-state index in [4.69, 9.17) is 23.7 Å². The van der Waals surface area contributed by atoms with Crippen LogP contribution in [0.5, 0.6) is 0 Å². The molecule has 0 amide bonds. The van der Waals surface area contributed by atoms with Gasteiger partial charge in [-0.3, -0.25) is 0 Å². The first kappa shape index (κ1) is 24.3. The number of fused-ring (bicyclic) bond motifs is 3. The molecule has 5 rings (SSSR count). The van der Waals surface area contributed by atoms with Gasteiger partial charge >= 0.3 is 5.97 Å². The Labute approximate surface area is 200 Å². The highest BCUT2D eigenvalue weighted by atomic mass is 16.8. The lowest BCUT2D eigenvalue weighted by molar-refractivity contribution is -0.344. The van der Waals surface area contributed by atoms with E-state index in [9.17, 15) is 30.3 Å². The summed E-state index contributed by atoms with van der Waals surface area (Å²) in [5.41, 5.74) is -0.248. The van der Waals surface area contributed by atoms with E-state index < -0.39 is 79.2 Å². The van der Waals surface area contributed by atoms with Crippen molar-refractivity contribution in [2.75, 3.05) is 13.2 Å². The number of benzene rings is 1. The molecule has 1 aromatic rings. The van der Waals surface area contributed by atoms with Crippen LogP contribution in [0.2, 0.25) is 0 Å². The van der Waals surface area contributed by atoms with Gasteiger partial charge in [0.1, 0.15) is 42.7 Å². The minimum Gasteiger partial charge on any atom is -0.472 e. The summed E-state index contributed by atoms with van der Waals surface area (Å²) >= 11 is 0. The second kappa shape index (κ2) is 9.60. The molecule has 5 N–H and O–H groups in total. The van der Waals surface area contributed by atoms with Gasteiger partial charge in [0.05, 0.1) is 24.9 Å². The number of rotatable bonds is 7. The normalized spacial score (nSPS) is 43.9. The van der Waals surface area contributed by atoms with E-state index in [2.05, 4.69) is 0 Å². The Bertz CT molecular complexity index is 967. The van der Waals surface area contributed by atoms with E-state index in [0.29, 0.717) is 0 Å². The quantitative estimate of drug-likeness (QED) is 0.174. The molecule has 1 aromatic carbocycles. The van der Waals surface area contributed by atoms with Gasteiger partial charge in [-0.1, -0.05) is 30.3 Å². The molecule has 1 aliphatic carbocycles. The van der Waals surface area contributed by atoms with Crippen LogP contribution >= 0.6 is 0 Å². The smallest absolute Gasteiger partial charge is 0.330 e. The molecule has 3 heterocycles. The molecular formula is C24H28O11. The third-order valence-electron chi connectivity index (χ3n) is 7.05. The fraction of sp³-hybridized carbons (Fsp3) is 0.542. The third kappa shape index (κ3) is 4.39. The summed E-state index contributed by atoms with van der Waals surface area (Å²) in [6.07, 6.45) is -4.23. The van der Waals surface area contributed by atoms with Crippen molar-refractivity contribution >= 4 is 12.0 Å². The Morgan fingerprint density at radius 2 is 1.80 bits per heavy atom. The van der Waals surface area contributed by atoms with Gasteiger partial charge in [0.25, 0.3) is 0 Å². The van der Waals surface area contributed by atoms with Gasteiger partial charge in [-0.05, 0) is 17.7 Å². The zero-order valence-electron chi connectivity index (χ0n) is 18.6. The van der Waals surface area contributed by atoms with Crippen LogP contribution in [0, 0.1) is 11.8 Å². The topological polar surface area (TPSA) is 168 Å². The zero-order valence-corrected chi connectivity index (χ0v) is 18.6. The fourth-order valence-corrected chi connectivity index (χ4v) is 5.10. The van der Waals surface area contributed by atoms with E-state index >= 15 is 0 Å².